The van der Waals surface area contributed by atoms with Crippen molar-refractivity contribution < 1.29 is 14.0 Å². The zero-order chi connectivity index (χ0) is 9.78. The van der Waals surface area contributed by atoms with E-state index in [4.69, 9.17) is 14.0 Å². The van der Waals surface area contributed by atoms with Crippen LogP contribution in [0.3, 0.4) is 0 Å². The van der Waals surface area contributed by atoms with Gasteiger partial charge >= 0.3 is 0 Å². The summed E-state index contributed by atoms with van der Waals surface area (Å²) in [5.41, 5.74) is 0. The molecular formula is C6H16N2O3P2. The molecule has 0 aromatic rings. The molecule has 0 aromatic carbocycles. The van der Waals surface area contributed by atoms with Crippen LogP contribution < -0.4 is 5.09 Å². The zero-order valence-electron chi connectivity index (χ0n) is 7.95. The number of nitrogens with one attached hydrogen (secondary N) is 1. The lowest BCUT2D eigenvalue weighted by atomic mass is 10.7. The molecule has 0 rings (SSSR count). The number of ether oxygens (including phenoxy) is 2. The van der Waals surface area contributed by atoms with Gasteiger partial charge < -0.3 is 14.0 Å². The molecule has 0 aliphatic heterocycles. The van der Waals surface area contributed by atoms with Gasteiger partial charge in [0.15, 0.2) is 8.60 Å². The van der Waals surface area contributed by atoms with E-state index in [1.807, 2.05) is 7.05 Å². The van der Waals surface area contributed by atoms with Crippen LogP contribution in [-0.4, -0.2) is 40.6 Å². The van der Waals surface area contributed by atoms with E-state index in [2.05, 4.69) is 9.60 Å². The number of rotatable bonds is 9. The van der Waals surface area contributed by atoms with Gasteiger partial charge in [-0.15, -0.1) is 0 Å². The third-order valence-electron chi connectivity index (χ3n) is 1.01. The molecule has 0 aliphatic carbocycles. The molecule has 0 bridgehead atoms. The van der Waals surface area contributed by atoms with Gasteiger partial charge in [-0.2, -0.15) is 0 Å². The first-order valence-corrected chi connectivity index (χ1v) is 5.63. The topological polar surface area (TPSA) is 52.1 Å². The maximum atomic E-state index is 5.17. The molecule has 78 valence electrons. The minimum atomic E-state index is 0.404. The highest BCUT2D eigenvalue weighted by atomic mass is 31.1. The number of nitrogens with zero attached hydrogens (tertiary/aromatic N) is 1. The highest BCUT2D eigenvalue weighted by molar-refractivity contribution is 7.41. The Bertz CT molecular complexity index is 126. The summed E-state index contributed by atoms with van der Waals surface area (Å²) in [6.45, 7) is 2.41. The van der Waals surface area contributed by atoms with Crippen molar-refractivity contribution in [3.8, 4) is 0 Å². The van der Waals surface area contributed by atoms with Crippen molar-refractivity contribution in [1.82, 2.24) is 5.09 Å². The summed E-state index contributed by atoms with van der Waals surface area (Å²) < 4.78 is 19.1. The molecule has 0 amide bonds. The number of hydrogen-bond acceptors (Lipinski definition) is 5. The Hall–Kier alpha value is 0.370. The van der Waals surface area contributed by atoms with Crippen LogP contribution in [0.15, 0.2) is 4.52 Å². The molecule has 0 spiro atoms. The molecule has 0 aliphatic rings. The summed E-state index contributed by atoms with van der Waals surface area (Å²) in [4.78, 5) is 0. The van der Waals surface area contributed by atoms with E-state index in [0.29, 0.717) is 43.9 Å². The van der Waals surface area contributed by atoms with Crippen molar-refractivity contribution in [1.29, 1.82) is 0 Å². The second-order valence-corrected chi connectivity index (χ2v) is 3.93. The monoisotopic (exact) mass is 226 g/mol. The van der Waals surface area contributed by atoms with E-state index in [1.165, 1.54) is 0 Å². The maximum absolute atomic E-state index is 5.17. The Morgan fingerprint density at radius 3 is 2.77 bits per heavy atom. The first-order valence-electron chi connectivity index (χ1n) is 3.92. The molecule has 7 heteroatoms. The second kappa shape index (κ2) is 12.4. The fraction of sp³-hybridized carbons (Fsp3) is 1.00. The summed E-state index contributed by atoms with van der Waals surface area (Å²) in [6.07, 6.45) is 0. The summed E-state index contributed by atoms with van der Waals surface area (Å²) >= 11 is 0. The average molecular weight is 226 g/mol. The van der Waals surface area contributed by atoms with Crippen LogP contribution in [0.2, 0.25) is 0 Å². The van der Waals surface area contributed by atoms with E-state index >= 15 is 0 Å². The van der Waals surface area contributed by atoms with Gasteiger partial charge in [-0.05, 0) is 7.05 Å². The van der Waals surface area contributed by atoms with Gasteiger partial charge in [-0.1, -0.05) is 0 Å². The van der Waals surface area contributed by atoms with Crippen LogP contribution in [0.1, 0.15) is 0 Å². The first-order chi connectivity index (χ1) is 6.41. The number of hydrogen-bond donors (Lipinski definition) is 1. The number of methoxy groups -OCH3 is 1. The normalized spacial score (nSPS) is 12.2. The lowest BCUT2D eigenvalue weighted by molar-refractivity contribution is 0.0572. The predicted octanol–water partition coefficient (Wildman–Crippen LogP) is 1.44. The average Bonchev–Trinajstić information content (AvgIpc) is 2.16. The lowest BCUT2D eigenvalue weighted by Crippen LogP contribution is -2.05. The Morgan fingerprint density at radius 2 is 2.08 bits per heavy atom. The minimum Gasteiger partial charge on any atom is -0.382 e. The quantitative estimate of drug-likeness (QED) is 0.477. The molecule has 0 aromatic heterocycles. The molecule has 0 heterocycles. The van der Waals surface area contributed by atoms with Crippen molar-refractivity contribution in [3.05, 3.63) is 0 Å². The van der Waals surface area contributed by atoms with Gasteiger partial charge in [0.2, 0.25) is 0 Å². The summed E-state index contributed by atoms with van der Waals surface area (Å²) in [7, 11) is 4.57. The Morgan fingerprint density at radius 1 is 1.31 bits per heavy atom. The molecule has 1 unspecified atom stereocenters. The molecule has 0 radical (unpaired) electrons. The van der Waals surface area contributed by atoms with Crippen molar-refractivity contribution in [2.45, 2.75) is 0 Å². The van der Waals surface area contributed by atoms with E-state index in [-0.39, 0.29) is 0 Å². The van der Waals surface area contributed by atoms with Crippen molar-refractivity contribution in [2.24, 2.45) is 4.52 Å². The molecule has 0 fully saturated rings. The van der Waals surface area contributed by atoms with E-state index < -0.39 is 0 Å². The summed E-state index contributed by atoms with van der Waals surface area (Å²) in [5, 5.41) is 2.91. The van der Waals surface area contributed by atoms with Crippen LogP contribution in [-0.2, 0) is 14.0 Å². The van der Waals surface area contributed by atoms with Gasteiger partial charge in [0.1, 0.15) is 0 Å². The molecular weight excluding hydrogens is 210 g/mol. The molecule has 0 saturated carbocycles. The highest BCUT2D eigenvalue weighted by Gasteiger charge is 1.87. The van der Waals surface area contributed by atoms with Crippen molar-refractivity contribution >= 4 is 17.5 Å². The van der Waals surface area contributed by atoms with Crippen LogP contribution in [0.25, 0.3) is 0 Å². The molecule has 1 N–H and O–H groups in total. The second-order valence-electron chi connectivity index (χ2n) is 1.98. The Balaban J connectivity index is 2.91. The molecule has 13 heavy (non-hydrogen) atoms. The Labute approximate surface area is 82.4 Å². The largest absolute Gasteiger partial charge is 0.382 e. The van der Waals surface area contributed by atoms with Crippen LogP contribution in [0.5, 0.6) is 0 Å². The van der Waals surface area contributed by atoms with E-state index in [9.17, 15) is 0 Å². The standard InChI is InChI=1S/C6H16N2O3P2/c1-7-12-8-13-11-6-5-10-4-3-9-2/h7,12H,3-6H2,1-2H3. The van der Waals surface area contributed by atoms with Gasteiger partial charge in [0.25, 0.3) is 0 Å². The fourth-order valence-corrected chi connectivity index (χ4v) is 1.43. The Kier molecular flexibility index (Phi) is 12.7. The fourth-order valence-electron chi connectivity index (χ4n) is 0.481. The van der Waals surface area contributed by atoms with Gasteiger partial charge in [-0.3, -0.25) is 5.09 Å². The summed E-state index contributed by atoms with van der Waals surface area (Å²) in [6, 6.07) is 0. The van der Waals surface area contributed by atoms with Crippen molar-refractivity contribution in [3.63, 3.8) is 0 Å². The van der Waals surface area contributed by atoms with E-state index in [1.54, 1.807) is 7.11 Å². The maximum Gasteiger partial charge on any atom is 0.177 e. The lowest BCUT2D eigenvalue weighted by Gasteiger charge is -2.00. The minimum absolute atomic E-state index is 0.404. The first kappa shape index (κ1) is 13.4. The molecule has 0 saturated heterocycles. The molecule has 5 nitrogen and oxygen atoms in total. The van der Waals surface area contributed by atoms with Gasteiger partial charge in [-0.25, -0.2) is 4.52 Å². The van der Waals surface area contributed by atoms with E-state index in [0.717, 1.165) is 0 Å². The summed E-state index contributed by atoms with van der Waals surface area (Å²) in [5.74, 6) is 0. The van der Waals surface area contributed by atoms with Crippen LogP contribution in [0.4, 0.5) is 0 Å². The van der Waals surface area contributed by atoms with Crippen molar-refractivity contribution in [2.75, 3.05) is 40.6 Å². The van der Waals surface area contributed by atoms with Crippen LogP contribution >= 0.6 is 17.5 Å². The van der Waals surface area contributed by atoms with Gasteiger partial charge in [0, 0.05) is 7.11 Å². The SMILES string of the molecule is CNPN=POCCOCCOC. The highest BCUT2D eigenvalue weighted by Crippen LogP contribution is 2.13. The third kappa shape index (κ3) is 12.4. The predicted molar refractivity (Wildman–Crippen MR) is 55.4 cm³/mol. The smallest absolute Gasteiger partial charge is 0.177 e. The van der Waals surface area contributed by atoms with Gasteiger partial charge in [0.05, 0.1) is 35.3 Å². The van der Waals surface area contributed by atoms with Crippen LogP contribution in [0, 0.1) is 0 Å². The molecule has 1 atom stereocenters. The zero-order valence-corrected chi connectivity index (χ0v) is 9.84. The third-order valence-corrected chi connectivity index (χ3v) is 2.26.